The van der Waals surface area contributed by atoms with E-state index in [9.17, 15) is 22.8 Å². The predicted molar refractivity (Wildman–Crippen MR) is 84.1 cm³/mol. The number of carbonyl (C=O) groups is 1. The van der Waals surface area contributed by atoms with Crippen molar-refractivity contribution in [1.82, 2.24) is 14.8 Å². The van der Waals surface area contributed by atoms with Crippen LogP contribution in [0.25, 0.3) is 0 Å². The van der Waals surface area contributed by atoms with Gasteiger partial charge < -0.3 is 9.88 Å². The largest absolute Gasteiger partial charge is 0.401 e. The topological polar surface area (TPSA) is 56.4 Å². The third kappa shape index (κ3) is 4.37. The molecule has 134 valence electrons. The molecule has 24 heavy (non-hydrogen) atoms. The zero-order chi connectivity index (χ0) is 18.1. The average molecular weight is 345 g/mol. The van der Waals surface area contributed by atoms with Gasteiger partial charge in [-0.25, -0.2) is 0 Å². The second kappa shape index (κ2) is 6.58. The van der Waals surface area contributed by atoms with E-state index in [4.69, 9.17) is 0 Å². The second-order valence-corrected chi connectivity index (χ2v) is 6.71. The number of rotatable bonds is 3. The lowest BCUT2D eigenvalue weighted by atomic mass is 9.97. The fourth-order valence-electron chi connectivity index (χ4n) is 3.09. The third-order valence-electron chi connectivity index (χ3n) is 4.16. The highest BCUT2D eigenvalue weighted by Gasteiger charge is 2.40. The van der Waals surface area contributed by atoms with E-state index in [1.807, 2.05) is 6.92 Å². The summed E-state index contributed by atoms with van der Waals surface area (Å²) in [6.45, 7) is 4.82. The van der Waals surface area contributed by atoms with Gasteiger partial charge in [-0.3, -0.25) is 14.5 Å². The summed E-state index contributed by atoms with van der Waals surface area (Å²) >= 11 is 0. The molecule has 0 spiro atoms. The number of halogens is 3. The number of pyridine rings is 1. The lowest BCUT2D eigenvalue weighted by Gasteiger charge is -2.47. The van der Waals surface area contributed by atoms with Crippen molar-refractivity contribution in [2.24, 2.45) is 0 Å². The van der Waals surface area contributed by atoms with Gasteiger partial charge in [0, 0.05) is 37.0 Å². The molecule has 0 radical (unpaired) electrons. The quantitative estimate of drug-likeness (QED) is 0.912. The van der Waals surface area contributed by atoms with Crippen LogP contribution in [0.4, 0.5) is 13.2 Å². The molecule has 0 atom stereocenters. The molecule has 5 nitrogen and oxygen atoms in total. The predicted octanol–water partition coefficient (Wildman–Crippen LogP) is 2.04. The highest BCUT2D eigenvalue weighted by atomic mass is 19.4. The minimum Gasteiger partial charge on any atom is -0.331 e. The van der Waals surface area contributed by atoms with Crippen LogP contribution in [0.1, 0.15) is 36.8 Å². The average Bonchev–Trinajstić information content (AvgIpc) is 2.43. The van der Waals surface area contributed by atoms with E-state index in [1.165, 1.54) is 11.0 Å². The fraction of sp³-hybridized carbons (Fsp3) is 0.625. The molecular formula is C16H22F3N3O2. The van der Waals surface area contributed by atoms with E-state index >= 15 is 0 Å². The van der Waals surface area contributed by atoms with Crippen molar-refractivity contribution in [3.8, 4) is 0 Å². The Kier molecular flexibility index (Phi) is 5.08. The van der Waals surface area contributed by atoms with Crippen LogP contribution in [0.2, 0.25) is 0 Å². The van der Waals surface area contributed by atoms with Gasteiger partial charge in [0.25, 0.3) is 5.91 Å². The summed E-state index contributed by atoms with van der Waals surface area (Å²) in [6.07, 6.45) is -3.68. The number of H-pyrrole nitrogens is 1. The van der Waals surface area contributed by atoms with Crippen LogP contribution in [0.15, 0.2) is 16.9 Å². The smallest absolute Gasteiger partial charge is 0.331 e. The normalized spacial score (nSPS) is 18.7. The first kappa shape index (κ1) is 18.5. The number of aryl methyl sites for hydroxylation is 1. The molecule has 2 rings (SSSR count). The molecule has 1 fully saturated rings. The first-order chi connectivity index (χ1) is 11.0. The summed E-state index contributed by atoms with van der Waals surface area (Å²) in [7, 11) is 0. The maximum Gasteiger partial charge on any atom is 0.401 e. The Hall–Kier alpha value is -1.83. The summed E-state index contributed by atoms with van der Waals surface area (Å²) in [5.41, 5.74) is -0.186. The maximum absolute atomic E-state index is 12.8. The molecule has 1 aliphatic heterocycles. The van der Waals surface area contributed by atoms with Crippen LogP contribution in [-0.4, -0.2) is 58.6 Å². The molecule has 1 N–H and O–H groups in total. The van der Waals surface area contributed by atoms with Gasteiger partial charge in [0.2, 0.25) is 5.56 Å². The van der Waals surface area contributed by atoms with Crippen molar-refractivity contribution in [2.45, 2.75) is 38.9 Å². The third-order valence-corrected chi connectivity index (χ3v) is 4.16. The molecule has 1 aliphatic rings. The first-order valence-corrected chi connectivity index (χ1v) is 7.86. The van der Waals surface area contributed by atoms with Gasteiger partial charge in [-0.05, 0) is 26.3 Å². The Morgan fingerprint density at radius 3 is 2.50 bits per heavy atom. The molecular weight excluding hydrogens is 323 g/mol. The number of nitrogens with zero attached hydrogens (tertiary/aromatic N) is 2. The highest BCUT2D eigenvalue weighted by molar-refractivity contribution is 5.94. The molecule has 1 amide bonds. The minimum absolute atomic E-state index is 0.127. The molecule has 0 aromatic carbocycles. The Morgan fingerprint density at radius 1 is 1.29 bits per heavy atom. The summed E-state index contributed by atoms with van der Waals surface area (Å²) in [5, 5.41) is 0. The fourth-order valence-corrected chi connectivity index (χ4v) is 3.09. The summed E-state index contributed by atoms with van der Waals surface area (Å²) in [4.78, 5) is 29.9. The molecule has 0 saturated carbocycles. The molecule has 2 heterocycles. The number of amides is 1. The monoisotopic (exact) mass is 345 g/mol. The highest BCUT2D eigenvalue weighted by Crippen LogP contribution is 2.26. The first-order valence-electron chi connectivity index (χ1n) is 7.86. The van der Waals surface area contributed by atoms with Crippen LogP contribution in [0.5, 0.6) is 0 Å². The van der Waals surface area contributed by atoms with Gasteiger partial charge in [0.1, 0.15) is 0 Å². The zero-order valence-corrected chi connectivity index (χ0v) is 14.0. The lowest BCUT2D eigenvalue weighted by molar-refractivity contribution is -0.153. The maximum atomic E-state index is 12.8. The van der Waals surface area contributed by atoms with Crippen molar-refractivity contribution in [1.29, 1.82) is 0 Å². The molecule has 8 heteroatoms. The van der Waals surface area contributed by atoms with Gasteiger partial charge in [-0.2, -0.15) is 13.2 Å². The summed E-state index contributed by atoms with van der Waals surface area (Å²) < 4.78 is 37.7. The number of aromatic amines is 1. The Bertz CT molecular complexity index is 667. The van der Waals surface area contributed by atoms with E-state index < -0.39 is 18.3 Å². The molecule has 1 aromatic heterocycles. The van der Waals surface area contributed by atoms with Crippen molar-refractivity contribution < 1.29 is 18.0 Å². The van der Waals surface area contributed by atoms with Crippen LogP contribution in [0.3, 0.4) is 0 Å². The summed E-state index contributed by atoms with van der Waals surface area (Å²) in [6, 6.07) is 2.86. The van der Waals surface area contributed by atoms with Crippen LogP contribution >= 0.6 is 0 Å². The van der Waals surface area contributed by atoms with E-state index in [0.29, 0.717) is 12.1 Å². The SMILES string of the molecule is CCc1cc(C(=O)N2CCN(CC(F)(F)F)CC2(C)C)cc(=O)[nH]1. The zero-order valence-electron chi connectivity index (χ0n) is 14.0. The van der Waals surface area contributed by atoms with Crippen molar-refractivity contribution >= 4 is 5.91 Å². The molecule has 0 bridgehead atoms. The minimum atomic E-state index is -4.26. The van der Waals surface area contributed by atoms with Gasteiger partial charge in [0.15, 0.2) is 0 Å². The van der Waals surface area contributed by atoms with Gasteiger partial charge in [0.05, 0.1) is 12.1 Å². The number of nitrogens with one attached hydrogen (secondary N) is 1. The van der Waals surface area contributed by atoms with E-state index in [2.05, 4.69) is 4.98 Å². The number of hydrogen-bond donors (Lipinski definition) is 1. The lowest BCUT2D eigenvalue weighted by Crippen LogP contribution is -2.62. The number of hydrogen-bond acceptors (Lipinski definition) is 3. The van der Waals surface area contributed by atoms with Gasteiger partial charge >= 0.3 is 6.18 Å². The number of alkyl halides is 3. The van der Waals surface area contributed by atoms with E-state index in [1.54, 1.807) is 24.8 Å². The Morgan fingerprint density at radius 2 is 1.96 bits per heavy atom. The van der Waals surface area contributed by atoms with Crippen LogP contribution in [0, 0.1) is 0 Å². The second-order valence-electron chi connectivity index (χ2n) is 6.71. The van der Waals surface area contributed by atoms with Crippen LogP contribution in [-0.2, 0) is 6.42 Å². The molecule has 0 unspecified atom stereocenters. The van der Waals surface area contributed by atoms with Crippen molar-refractivity contribution in [3.05, 3.63) is 33.7 Å². The Labute approximate surface area is 138 Å². The van der Waals surface area contributed by atoms with Gasteiger partial charge in [-0.1, -0.05) is 6.92 Å². The number of carbonyl (C=O) groups excluding carboxylic acids is 1. The molecule has 1 aromatic rings. The Balaban J connectivity index is 2.19. The number of piperazine rings is 1. The van der Waals surface area contributed by atoms with E-state index in [0.717, 1.165) is 0 Å². The number of aromatic nitrogens is 1. The van der Waals surface area contributed by atoms with Gasteiger partial charge in [-0.15, -0.1) is 0 Å². The molecule has 1 saturated heterocycles. The summed E-state index contributed by atoms with van der Waals surface area (Å²) in [5.74, 6) is -0.326. The standard InChI is InChI=1S/C16H22F3N3O2/c1-4-12-7-11(8-13(23)20-12)14(24)22-6-5-21(9-15(22,2)3)10-16(17,18)19/h7-8H,4-6,9-10H2,1-3H3,(H,20,23). The van der Waals surface area contributed by atoms with Crippen molar-refractivity contribution in [2.75, 3.05) is 26.2 Å². The van der Waals surface area contributed by atoms with Crippen molar-refractivity contribution in [3.63, 3.8) is 0 Å². The van der Waals surface area contributed by atoms with Crippen LogP contribution < -0.4 is 5.56 Å². The molecule has 0 aliphatic carbocycles. The van der Waals surface area contributed by atoms with E-state index in [-0.39, 0.29) is 36.7 Å².